The highest BCUT2D eigenvalue weighted by Gasteiger charge is 2.19. The quantitative estimate of drug-likeness (QED) is 0.318. The maximum Gasteiger partial charge on any atom is 0.112 e. The van der Waals surface area contributed by atoms with E-state index < -0.39 is 0 Å². The van der Waals surface area contributed by atoms with Crippen molar-refractivity contribution in [1.29, 1.82) is 0 Å². The molecule has 0 saturated heterocycles. The number of amidine groups is 2. The summed E-state index contributed by atoms with van der Waals surface area (Å²) in [5.41, 5.74) is 10.3. The van der Waals surface area contributed by atoms with Gasteiger partial charge in [0.2, 0.25) is 0 Å². The lowest BCUT2D eigenvalue weighted by Crippen LogP contribution is -2.34. The smallest absolute Gasteiger partial charge is 0.112 e. The number of hydrogen-bond acceptors (Lipinski definition) is 2. The maximum atomic E-state index is 5.09. The zero-order chi connectivity index (χ0) is 22.7. The van der Waals surface area contributed by atoms with Gasteiger partial charge in [0.15, 0.2) is 0 Å². The highest BCUT2D eigenvalue weighted by atomic mass is 15.2. The molecule has 31 heavy (non-hydrogen) atoms. The van der Waals surface area contributed by atoms with E-state index in [-0.39, 0.29) is 0 Å². The van der Waals surface area contributed by atoms with Crippen molar-refractivity contribution in [3.63, 3.8) is 0 Å². The van der Waals surface area contributed by atoms with Crippen molar-refractivity contribution in [1.82, 2.24) is 0 Å². The molecule has 0 radical (unpaired) electrons. The van der Waals surface area contributed by atoms with Crippen LogP contribution in [0, 0.1) is 41.5 Å². The molecule has 0 bridgehead atoms. The largest absolute Gasteiger partial charge is 0.286 e. The molecule has 0 N–H and O–H groups in total. The summed E-state index contributed by atoms with van der Waals surface area (Å²) in [4.78, 5) is 12.4. The highest BCUT2D eigenvalue weighted by Crippen LogP contribution is 2.30. The van der Waals surface area contributed by atoms with Gasteiger partial charge in [-0.3, -0.25) is 4.90 Å². The summed E-state index contributed by atoms with van der Waals surface area (Å²) in [5.74, 6) is 1.81. The topological polar surface area (TPSA) is 28.0 Å². The van der Waals surface area contributed by atoms with Gasteiger partial charge in [-0.1, -0.05) is 54.6 Å². The monoisotopic (exact) mass is 411 g/mol. The molecule has 160 valence electrons. The minimum absolute atomic E-state index is 0.905. The predicted molar refractivity (Wildman–Crippen MR) is 136 cm³/mol. The van der Waals surface area contributed by atoms with Crippen LogP contribution in [0.4, 0.5) is 17.1 Å². The van der Waals surface area contributed by atoms with E-state index in [1.54, 1.807) is 0 Å². The first kappa shape index (κ1) is 22.5. The number of nitrogens with zero attached hydrogens (tertiary/aromatic N) is 3. The summed E-state index contributed by atoms with van der Waals surface area (Å²) < 4.78 is 0. The van der Waals surface area contributed by atoms with Crippen molar-refractivity contribution in [2.24, 2.45) is 9.98 Å². The second kappa shape index (κ2) is 9.30. The van der Waals surface area contributed by atoms with Gasteiger partial charge in [0.05, 0.1) is 17.1 Å². The highest BCUT2D eigenvalue weighted by molar-refractivity contribution is 6.19. The fourth-order valence-electron chi connectivity index (χ4n) is 4.10. The van der Waals surface area contributed by atoms with E-state index >= 15 is 0 Å². The van der Waals surface area contributed by atoms with Gasteiger partial charge in [-0.25, -0.2) is 9.98 Å². The normalized spacial score (nSPS) is 12.3. The predicted octanol–water partition coefficient (Wildman–Crippen LogP) is 7.84. The average molecular weight is 412 g/mol. The molecule has 3 aromatic carbocycles. The molecule has 3 rings (SSSR count). The lowest BCUT2D eigenvalue weighted by Gasteiger charge is -2.28. The molecule has 0 aliphatic heterocycles. The number of para-hydroxylation sites is 3. The van der Waals surface area contributed by atoms with Crippen LogP contribution in [0.1, 0.15) is 47.2 Å². The van der Waals surface area contributed by atoms with Crippen LogP contribution in [-0.2, 0) is 0 Å². The van der Waals surface area contributed by atoms with Gasteiger partial charge in [-0.15, -0.1) is 0 Å². The van der Waals surface area contributed by atoms with Crippen LogP contribution >= 0.6 is 0 Å². The van der Waals surface area contributed by atoms with E-state index in [9.17, 15) is 0 Å². The van der Waals surface area contributed by atoms with E-state index in [0.29, 0.717) is 0 Å². The summed E-state index contributed by atoms with van der Waals surface area (Å²) in [6.45, 7) is 16.9. The van der Waals surface area contributed by atoms with Crippen molar-refractivity contribution >= 4 is 28.7 Å². The van der Waals surface area contributed by atoms with Crippen molar-refractivity contribution in [2.45, 2.75) is 55.4 Å². The van der Waals surface area contributed by atoms with Gasteiger partial charge >= 0.3 is 0 Å². The molecule has 3 nitrogen and oxygen atoms in total. The Hall–Kier alpha value is -3.20. The van der Waals surface area contributed by atoms with Crippen molar-refractivity contribution < 1.29 is 0 Å². The van der Waals surface area contributed by atoms with Gasteiger partial charge in [0, 0.05) is 0 Å². The number of anilines is 1. The minimum Gasteiger partial charge on any atom is -0.286 e. The molecule has 0 heterocycles. The van der Waals surface area contributed by atoms with Crippen LogP contribution in [0.15, 0.2) is 64.6 Å². The summed E-state index contributed by atoms with van der Waals surface area (Å²) in [6.07, 6.45) is 0. The molecule has 0 aliphatic carbocycles. The van der Waals surface area contributed by atoms with Gasteiger partial charge in [0.1, 0.15) is 11.7 Å². The molecular weight excluding hydrogens is 378 g/mol. The fourth-order valence-corrected chi connectivity index (χ4v) is 4.10. The lowest BCUT2D eigenvalue weighted by atomic mass is 10.1. The molecule has 0 aliphatic rings. The first-order valence-corrected chi connectivity index (χ1v) is 10.8. The fraction of sp³-hybridized carbons (Fsp3) is 0.286. The zero-order valence-electron chi connectivity index (χ0n) is 20.0. The van der Waals surface area contributed by atoms with Crippen molar-refractivity contribution in [3.05, 3.63) is 88.0 Å². The first-order valence-electron chi connectivity index (χ1n) is 10.8. The van der Waals surface area contributed by atoms with Crippen LogP contribution in [0.5, 0.6) is 0 Å². The van der Waals surface area contributed by atoms with E-state index in [0.717, 1.165) is 28.7 Å². The van der Waals surface area contributed by atoms with Crippen LogP contribution in [0.3, 0.4) is 0 Å². The maximum absolute atomic E-state index is 5.09. The second-order valence-electron chi connectivity index (χ2n) is 8.37. The SMILES string of the molecule is CC(=Nc1c(C)cccc1C)N(C(C)=Nc1c(C)cccc1C)c1c(C)cccc1C. The molecule has 0 amide bonds. The van der Waals surface area contributed by atoms with Crippen molar-refractivity contribution in [2.75, 3.05) is 4.90 Å². The van der Waals surface area contributed by atoms with Crippen LogP contribution in [-0.4, -0.2) is 11.7 Å². The Labute approximate surface area is 187 Å². The third kappa shape index (κ3) is 4.77. The molecule has 0 atom stereocenters. The molecule has 0 saturated carbocycles. The Bertz CT molecular complexity index is 1040. The van der Waals surface area contributed by atoms with Gasteiger partial charge in [-0.05, 0) is 88.8 Å². The number of hydrogen-bond donors (Lipinski definition) is 0. The molecule has 0 spiro atoms. The van der Waals surface area contributed by atoms with Crippen LogP contribution in [0.2, 0.25) is 0 Å². The Morgan fingerprint density at radius 1 is 0.516 bits per heavy atom. The van der Waals surface area contributed by atoms with E-state index in [1.165, 1.54) is 33.4 Å². The number of benzene rings is 3. The Morgan fingerprint density at radius 2 is 0.806 bits per heavy atom. The van der Waals surface area contributed by atoms with E-state index in [2.05, 4.69) is 115 Å². The summed E-state index contributed by atoms with van der Waals surface area (Å²) in [7, 11) is 0. The molecule has 3 aromatic rings. The summed E-state index contributed by atoms with van der Waals surface area (Å²) in [6, 6.07) is 19.0. The third-order valence-electron chi connectivity index (χ3n) is 5.74. The third-order valence-corrected chi connectivity index (χ3v) is 5.74. The number of aliphatic imine (C=N–C) groups is 2. The Balaban J connectivity index is 2.23. The molecular formula is C28H33N3. The molecule has 3 heteroatoms. The number of aryl methyl sites for hydroxylation is 6. The summed E-state index contributed by atoms with van der Waals surface area (Å²) in [5, 5.41) is 0. The Morgan fingerprint density at radius 3 is 1.13 bits per heavy atom. The Kier molecular flexibility index (Phi) is 6.74. The minimum atomic E-state index is 0.905. The lowest BCUT2D eigenvalue weighted by molar-refractivity contribution is 1.23. The van der Waals surface area contributed by atoms with Crippen LogP contribution in [0.25, 0.3) is 0 Å². The zero-order valence-corrected chi connectivity index (χ0v) is 20.0. The molecule has 0 unspecified atom stereocenters. The van der Waals surface area contributed by atoms with Crippen molar-refractivity contribution in [3.8, 4) is 0 Å². The number of rotatable bonds is 3. The van der Waals surface area contributed by atoms with Gasteiger partial charge < -0.3 is 0 Å². The van der Waals surface area contributed by atoms with E-state index in [4.69, 9.17) is 9.98 Å². The second-order valence-corrected chi connectivity index (χ2v) is 8.37. The van der Waals surface area contributed by atoms with Gasteiger partial charge in [-0.2, -0.15) is 0 Å². The average Bonchev–Trinajstić information content (AvgIpc) is 2.70. The first-order chi connectivity index (χ1) is 14.7. The van der Waals surface area contributed by atoms with E-state index in [1.807, 2.05) is 0 Å². The summed E-state index contributed by atoms with van der Waals surface area (Å²) >= 11 is 0. The molecule has 0 fully saturated rings. The van der Waals surface area contributed by atoms with Gasteiger partial charge in [0.25, 0.3) is 0 Å². The standard InChI is InChI=1S/C28H33N3/c1-18-12-9-13-19(2)26(18)29-24(7)31(28-22(5)16-11-17-23(28)6)25(8)30-27-20(3)14-10-15-21(27)4/h9-17H,1-8H3. The molecule has 0 aromatic heterocycles. The van der Waals surface area contributed by atoms with Crippen LogP contribution < -0.4 is 4.90 Å².